The third-order valence-electron chi connectivity index (χ3n) is 5.77. The Labute approximate surface area is 185 Å². The van der Waals surface area contributed by atoms with Crippen LogP contribution in [0.5, 0.6) is 5.75 Å². The van der Waals surface area contributed by atoms with E-state index in [9.17, 15) is 9.59 Å². The number of anilines is 1. The van der Waals surface area contributed by atoms with Crippen molar-refractivity contribution in [1.29, 1.82) is 0 Å². The van der Waals surface area contributed by atoms with Gasteiger partial charge >= 0.3 is 0 Å². The Balaban J connectivity index is 1.62. The molecule has 3 aromatic rings. The van der Waals surface area contributed by atoms with Crippen molar-refractivity contribution in [2.75, 3.05) is 12.4 Å². The van der Waals surface area contributed by atoms with Crippen LogP contribution in [-0.4, -0.2) is 24.5 Å². The summed E-state index contributed by atoms with van der Waals surface area (Å²) < 4.78 is 5.29. The molecule has 3 aromatic carbocycles. The molecule has 0 radical (unpaired) electrons. The van der Waals surface area contributed by atoms with Gasteiger partial charge in [-0.15, -0.1) is 0 Å². The highest BCUT2D eigenvalue weighted by Crippen LogP contribution is 2.49. The molecule has 2 aliphatic rings. The summed E-state index contributed by atoms with van der Waals surface area (Å²) in [6, 6.07) is 23.7. The predicted octanol–water partition coefficient (Wildman–Crippen LogP) is 4.44. The smallest absolute Gasteiger partial charge is 0.277 e. The van der Waals surface area contributed by atoms with E-state index < -0.39 is 17.4 Å². The van der Waals surface area contributed by atoms with Crippen LogP contribution in [0, 0.1) is 5.92 Å². The second kappa shape index (κ2) is 7.81. The number of carbonyl (C=O) groups excluding carboxylic acids is 2. The highest BCUT2D eigenvalue weighted by molar-refractivity contribution is 6.24. The molecule has 0 aliphatic carbocycles. The summed E-state index contributed by atoms with van der Waals surface area (Å²) in [5.41, 5.74) is 1.39. The van der Waals surface area contributed by atoms with Crippen LogP contribution in [-0.2, 0) is 15.2 Å². The van der Waals surface area contributed by atoms with E-state index >= 15 is 0 Å². The third kappa shape index (κ3) is 3.08. The number of oxime groups is 1. The standard InChI is InChI=1S/C26H20N2O4/c1-31-19-11-7-10-18(16-19)24(29)23-22(15-14-17-8-3-2-4-9-17)28-32-26(23)20-12-5-6-13-21(20)27-25(26)30/h2-16,23H,1H3,(H,27,30)/b15-14+/t23-,26+/m0/s1. The van der Waals surface area contributed by atoms with Gasteiger partial charge in [-0.3, -0.25) is 9.59 Å². The molecule has 0 fully saturated rings. The summed E-state index contributed by atoms with van der Waals surface area (Å²) in [7, 11) is 1.54. The van der Waals surface area contributed by atoms with Crippen LogP contribution < -0.4 is 10.1 Å². The number of rotatable bonds is 5. The van der Waals surface area contributed by atoms with Crippen LogP contribution in [0.3, 0.4) is 0 Å². The predicted molar refractivity (Wildman–Crippen MR) is 122 cm³/mol. The monoisotopic (exact) mass is 424 g/mol. The van der Waals surface area contributed by atoms with Gasteiger partial charge in [0, 0.05) is 16.8 Å². The molecule has 1 spiro atoms. The molecule has 0 aromatic heterocycles. The summed E-state index contributed by atoms with van der Waals surface area (Å²) in [6.45, 7) is 0. The zero-order chi connectivity index (χ0) is 22.1. The number of benzene rings is 3. The highest BCUT2D eigenvalue weighted by atomic mass is 16.7. The third-order valence-corrected chi connectivity index (χ3v) is 5.77. The van der Waals surface area contributed by atoms with E-state index in [1.54, 1.807) is 49.6 Å². The van der Waals surface area contributed by atoms with E-state index in [0.717, 1.165) is 5.56 Å². The Kier molecular flexibility index (Phi) is 4.82. The molecule has 0 unspecified atom stereocenters. The van der Waals surface area contributed by atoms with Crippen molar-refractivity contribution < 1.29 is 19.2 Å². The SMILES string of the molecule is COc1cccc(C(=O)[C@@H]2C(/C=C/c3ccccc3)=NO[C@@]23C(=O)Nc2ccccc23)c1. The highest BCUT2D eigenvalue weighted by Gasteiger charge is 2.62. The van der Waals surface area contributed by atoms with Gasteiger partial charge in [-0.25, -0.2) is 0 Å². The first kappa shape index (κ1) is 19.8. The Hall–Kier alpha value is -4.19. The Morgan fingerprint density at radius 2 is 1.81 bits per heavy atom. The number of allylic oxidation sites excluding steroid dienone is 1. The molecule has 6 heteroatoms. The zero-order valence-electron chi connectivity index (χ0n) is 17.3. The van der Waals surface area contributed by atoms with Crippen molar-refractivity contribution in [2.45, 2.75) is 5.60 Å². The number of nitrogens with one attached hydrogen (secondary N) is 1. The molecule has 6 nitrogen and oxygen atoms in total. The fourth-order valence-corrected chi connectivity index (χ4v) is 4.20. The van der Waals surface area contributed by atoms with Gasteiger partial charge in [0.15, 0.2) is 5.78 Å². The molecule has 2 heterocycles. The molecule has 1 amide bonds. The van der Waals surface area contributed by atoms with Gasteiger partial charge in [-0.05, 0) is 29.8 Å². The maximum absolute atomic E-state index is 13.8. The first-order chi connectivity index (χ1) is 15.6. The van der Waals surface area contributed by atoms with Gasteiger partial charge in [-0.2, -0.15) is 0 Å². The fraction of sp³-hybridized carbons (Fsp3) is 0.115. The summed E-state index contributed by atoms with van der Waals surface area (Å²) in [4.78, 5) is 32.9. The summed E-state index contributed by atoms with van der Waals surface area (Å²) in [6.07, 6.45) is 3.59. The molecule has 5 rings (SSSR count). The molecule has 2 aliphatic heterocycles. The van der Waals surface area contributed by atoms with Gasteiger partial charge in [0.25, 0.3) is 11.5 Å². The zero-order valence-corrected chi connectivity index (χ0v) is 17.3. The van der Waals surface area contributed by atoms with Crippen LogP contribution in [0.2, 0.25) is 0 Å². The lowest BCUT2D eigenvalue weighted by Crippen LogP contribution is -2.46. The van der Waals surface area contributed by atoms with E-state index in [4.69, 9.17) is 9.57 Å². The minimum Gasteiger partial charge on any atom is -0.497 e. The van der Waals surface area contributed by atoms with E-state index in [1.165, 1.54) is 0 Å². The van der Waals surface area contributed by atoms with E-state index in [1.807, 2.05) is 48.5 Å². The average molecular weight is 424 g/mol. The van der Waals surface area contributed by atoms with Gasteiger partial charge in [0.2, 0.25) is 0 Å². The number of amides is 1. The minimum atomic E-state index is -1.56. The second-order valence-corrected chi connectivity index (χ2v) is 7.62. The van der Waals surface area contributed by atoms with Crippen molar-refractivity contribution in [3.63, 3.8) is 0 Å². The van der Waals surface area contributed by atoms with Crippen LogP contribution in [0.4, 0.5) is 5.69 Å². The Bertz CT molecular complexity index is 1270. The lowest BCUT2D eigenvalue weighted by Gasteiger charge is -2.26. The molecular formula is C26H20N2O4. The van der Waals surface area contributed by atoms with Gasteiger partial charge in [0.05, 0.1) is 12.8 Å². The summed E-state index contributed by atoms with van der Waals surface area (Å²) >= 11 is 0. The number of Topliss-reactive ketones (excluding diaryl/α,β-unsaturated/α-hetero) is 1. The minimum absolute atomic E-state index is 0.273. The normalized spacial score (nSPS) is 21.2. The number of carbonyl (C=O) groups is 2. The number of para-hydroxylation sites is 1. The Morgan fingerprint density at radius 1 is 1.03 bits per heavy atom. The van der Waals surface area contributed by atoms with E-state index in [2.05, 4.69) is 10.5 Å². The van der Waals surface area contributed by atoms with Crippen LogP contribution >= 0.6 is 0 Å². The van der Waals surface area contributed by atoms with Gasteiger partial charge in [-0.1, -0.05) is 71.9 Å². The number of fused-ring (bicyclic) bond motifs is 2. The van der Waals surface area contributed by atoms with Crippen molar-refractivity contribution in [3.05, 3.63) is 102 Å². The molecule has 1 N–H and O–H groups in total. The second-order valence-electron chi connectivity index (χ2n) is 7.62. The maximum Gasteiger partial charge on any atom is 0.277 e. The fourth-order valence-electron chi connectivity index (χ4n) is 4.20. The summed E-state index contributed by atoms with van der Waals surface area (Å²) in [5, 5.41) is 7.07. The van der Waals surface area contributed by atoms with E-state index in [0.29, 0.717) is 28.3 Å². The first-order valence-electron chi connectivity index (χ1n) is 10.2. The molecular weight excluding hydrogens is 404 g/mol. The van der Waals surface area contributed by atoms with Crippen molar-refractivity contribution in [1.82, 2.24) is 0 Å². The van der Waals surface area contributed by atoms with E-state index in [-0.39, 0.29) is 5.78 Å². The van der Waals surface area contributed by atoms with Gasteiger partial charge in [0.1, 0.15) is 11.7 Å². The maximum atomic E-state index is 13.8. The molecule has 32 heavy (non-hydrogen) atoms. The molecule has 0 saturated heterocycles. The van der Waals surface area contributed by atoms with Crippen molar-refractivity contribution in [2.24, 2.45) is 11.1 Å². The molecule has 158 valence electrons. The lowest BCUT2D eigenvalue weighted by atomic mass is 9.75. The number of methoxy groups -OCH3 is 1. The first-order valence-corrected chi connectivity index (χ1v) is 10.2. The number of nitrogens with zero attached hydrogens (tertiary/aromatic N) is 1. The van der Waals surface area contributed by atoms with Crippen LogP contribution in [0.25, 0.3) is 6.08 Å². The molecule has 2 atom stereocenters. The van der Waals surface area contributed by atoms with Crippen molar-refractivity contribution >= 4 is 29.2 Å². The number of hydrogen-bond donors (Lipinski definition) is 1. The number of ether oxygens (including phenoxy) is 1. The number of ketones is 1. The van der Waals surface area contributed by atoms with Crippen molar-refractivity contribution in [3.8, 4) is 5.75 Å². The molecule has 0 bridgehead atoms. The topological polar surface area (TPSA) is 77.0 Å². The lowest BCUT2D eigenvalue weighted by molar-refractivity contribution is -0.140. The summed E-state index contributed by atoms with van der Waals surface area (Å²) in [5.74, 6) is -1.09. The number of hydrogen-bond acceptors (Lipinski definition) is 5. The Morgan fingerprint density at radius 3 is 2.62 bits per heavy atom. The largest absolute Gasteiger partial charge is 0.497 e. The van der Waals surface area contributed by atoms with Crippen LogP contribution in [0.15, 0.2) is 90.1 Å². The average Bonchev–Trinajstić information content (AvgIpc) is 3.36. The van der Waals surface area contributed by atoms with Gasteiger partial charge < -0.3 is 14.9 Å². The molecule has 0 saturated carbocycles. The quantitative estimate of drug-likeness (QED) is 0.615. The van der Waals surface area contributed by atoms with Crippen LogP contribution in [0.1, 0.15) is 21.5 Å².